The van der Waals surface area contributed by atoms with E-state index in [1.807, 2.05) is 12.1 Å². The summed E-state index contributed by atoms with van der Waals surface area (Å²) < 4.78 is 0. The SMILES string of the molecule is CCc1ccccc1-c1ccc2ccccc2n1. The number of pyridine rings is 1. The van der Waals surface area contributed by atoms with Crippen molar-refractivity contribution in [1.82, 2.24) is 4.98 Å². The van der Waals surface area contributed by atoms with Crippen LogP contribution in [0.5, 0.6) is 0 Å². The molecule has 0 aliphatic carbocycles. The van der Waals surface area contributed by atoms with Crippen LogP contribution >= 0.6 is 0 Å². The Morgan fingerprint density at radius 2 is 1.61 bits per heavy atom. The maximum absolute atomic E-state index is 4.75. The van der Waals surface area contributed by atoms with Gasteiger partial charge in [0.25, 0.3) is 0 Å². The minimum atomic E-state index is 1.03. The van der Waals surface area contributed by atoms with E-state index in [0.717, 1.165) is 17.6 Å². The first-order valence-corrected chi connectivity index (χ1v) is 6.32. The molecule has 0 atom stereocenters. The predicted molar refractivity (Wildman–Crippen MR) is 76.6 cm³/mol. The van der Waals surface area contributed by atoms with Crippen LogP contribution in [0, 0.1) is 0 Å². The molecule has 0 N–H and O–H groups in total. The fourth-order valence-corrected chi connectivity index (χ4v) is 2.29. The highest BCUT2D eigenvalue weighted by Crippen LogP contribution is 2.24. The van der Waals surface area contributed by atoms with Gasteiger partial charge in [0.15, 0.2) is 0 Å². The van der Waals surface area contributed by atoms with Gasteiger partial charge in [0.2, 0.25) is 0 Å². The highest BCUT2D eigenvalue weighted by atomic mass is 14.7. The Morgan fingerprint density at radius 3 is 2.50 bits per heavy atom. The molecule has 0 saturated heterocycles. The number of rotatable bonds is 2. The molecule has 0 spiro atoms. The number of nitrogens with zero attached hydrogens (tertiary/aromatic N) is 1. The number of hydrogen-bond donors (Lipinski definition) is 0. The Morgan fingerprint density at radius 1 is 0.833 bits per heavy atom. The zero-order chi connectivity index (χ0) is 12.4. The number of hydrogen-bond acceptors (Lipinski definition) is 1. The van der Waals surface area contributed by atoms with Gasteiger partial charge in [-0.1, -0.05) is 55.5 Å². The molecule has 88 valence electrons. The zero-order valence-corrected chi connectivity index (χ0v) is 10.4. The second-order valence-corrected chi connectivity index (χ2v) is 4.40. The predicted octanol–water partition coefficient (Wildman–Crippen LogP) is 4.46. The van der Waals surface area contributed by atoms with E-state index < -0.39 is 0 Å². The molecule has 0 bridgehead atoms. The minimum absolute atomic E-state index is 1.03. The Bertz CT molecular complexity index is 686. The third-order valence-corrected chi connectivity index (χ3v) is 3.27. The van der Waals surface area contributed by atoms with Crippen molar-refractivity contribution in [3.63, 3.8) is 0 Å². The van der Waals surface area contributed by atoms with Crippen LogP contribution in [-0.4, -0.2) is 4.98 Å². The monoisotopic (exact) mass is 233 g/mol. The van der Waals surface area contributed by atoms with Gasteiger partial charge in [-0.15, -0.1) is 0 Å². The third kappa shape index (κ3) is 1.88. The Kier molecular flexibility index (Phi) is 2.81. The molecule has 1 aromatic heterocycles. The molecular weight excluding hydrogens is 218 g/mol. The number of para-hydroxylation sites is 1. The summed E-state index contributed by atoms with van der Waals surface area (Å²) in [5.74, 6) is 0. The molecule has 0 saturated carbocycles. The van der Waals surface area contributed by atoms with E-state index in [1.165, 1.54) is 16.5 Å². The van der Waals surface area contributed by atoms with E-state index >= 15 is 0 Å². The van der Waals surface area contributed by atoms with Gasteiger partial charge < -0.3 is 0 Å². The molecule has 1 heterocycles. The number of benzene rings is 2. The lowest BCUT2D eigenvalue weighted by Crippen LogP contribution is -1.90. The van der Waals surface area contributed by atoms with Gasteiger partial charge in [-0.25, -0.2) is 4.98 Å². The average Bonchev–Trinajstić information content (AvgIpc) is 2.46. The van der Waals surface area contributed by atoms with Crippen LogP contribution in [0.25, 0.3) is 22.2 Å². The van der Waals surface area contributed by atoms with Gasteiger partial charge in [0, 0.05) is 10.9 Å². The van der Waals surface area contributed by atoms with E-state index in [1.54, 1.807) is 0 Å². The first-order chi connectivity index (χ1) is 8.88. The van der Waals surface area contributed by atoms with Crippen LogP contribution in [0.4, 0.5) is 0 Å². The molecule has 0 amide bonds. The van der Waals surface area contributed by atoms with Crippen LogP contribution in [0.15, 0.2) is 60.7 Å². The first-order valence-electron chi connectivity index (χ1n) is 6.32. The maximum atomic E-state index is 4.75. The average molecular weight is 233 g/mol. The van der Waals surface area contributed by atoms with E-state index in [4.69, 9.17) is 4.98 Å². The molecule has 1 nitrogen and oxygen atoms in total. The Labute approximate surface area is 107 Å². The summed E-state index contributed by atoms with van der Waals surface area (Å²) in [6.07, 6.45) is 1.03. The van der Waals surface area contributed by atoms with Crippen molar-refractivity contribution in [3.05, 3.63) is 66.2 Å². The van der Waals surface area contributed by atoms with Crippen molar-refractivity contribution in [3.8, 4) is 11.3 Å². The number of aromatic nitrogens is 1. The van der Waals surface area contributed by atoms with Crippen molar-refractivity contribution in [2.45, 2.75) is 13.3 Å². The van der Waals surface area contributed by atoms with Gasteiger partial charge in [-0.2, -0.15) is 0 Å². The molecule has 0 aliphatic rings. The summed E-state index contributed by atoms with van der Waals surface area (Å²) in [4.78, 5) is 4.75. The lowest BCUT2D eigenvalue weighted by Gasteiger charge is -2.07. The van der Waals surface area contributed by atoms with E-state index in [0.29, 0.717) is 0 Å². The molecule has 0 unspecified atom stereocenters. The van der Waals surface area contributed by atoms with Gasteiger partial charge >= 0.3 is 0 Å². The van der Waals surface area contributed by atoms with E-state index in [9.17, 15) is 0 Å². The van der Waals surface area contributed by atoms with Crippen LogP contribution in [0.1, 0.15) is 12.5 Å². The standard InChI is InChI=1S/C17H15N/c1-2-13-7-3-5-9-15(13)17-12-11-14-8-4-6-10-16(14)18-17/h3-12H,2H2,1H3. The minimum Gasteiger partial charge on any atom is -0.248 e. The van der Waals surface area contributed by atoms with Crippen molar-refractivity contribution < 1.29 is 0 Å². The lowest BCUT2D eigenvalue weighted by atomic mass is 10.0. The second kappa shape index (κ2) is 4.61. The quantitative estimate of drug-likeness (QED) is 0.636. The van der Waals surface area contributed by atoms with Gasteiger partial charge in [0.05, 0.1) is 11.2 Å². The lowest BCUT2D eigenvalue weighted by molar-refractivity contribution is 1.14. The molecule has 3 rings (SSSR count). The zero-order valence-electron chi connectivity index (χ0n) is 10.4. The van der Waals surface area contributed by atoms with Crippen molar-refractivity contribution in [2.75, 3.05) is 0 Å². The fraction of sp³-hybridized carbons (Fsp3) is 0.118. The molecule has 1 heteroatoms. The van der Waals surface area contributed by atoms with Crippen LogP contribution in [-0.2, 0) is 6.42 Å². The highest BCUT2D eigenvalue weighted by Gasteiger charge is 2.04. The second-order valence-electron chi connectivity index (χ2n) is 4.40. The molecular formula is C17H15N. The van der Waals surface area contributed by atoms with Crippen molar-refractivity contribution in [1.29, 1.82) is 0 Å². The molecule has 0 aliphatic heterocycles. The van der Waals surface area contributed by atoms with E-state index in [-0.39, 0.29) is 0 Å². The smallest absolute Gasteiger partial charge is 0.0712 e. The third-order valence-electron chi connectivity index (χ3n) is 3.27. The summed E-state index contributed by atoms with van der Waals surface area (Å²) in [5, 5.41) is 1.19. The summed E-state index contributed by atoms with van der Waals surface area (Å²) in [6.45, 7) is 2.18. The molecule has 0 radical (unpaired) electrons. The van der Waals surface area contributed by atoms with Crippen LogP contribution in [0.3, 0.4) is 0 Å². The number of aryl methyl sites for hydroxylation is 1. The largest absolute Gasteiger partial charge is 0.248 e. The maximum Gasteiger partial charge on any atom is 0.0712 e. The molecule has 3 aromatic rings. The fourth-order valence-electron chi connectivity index (χ4n) is 2.29. The molecule has 0 fully saturated rings. The topological polar surface area (TPSA) is 12.9 Å². The van der Waals surface area contributed by atoms with Gasteiger partial charge in [-0.3, -0.25) is 0 Å². The normalized spacial score (nSPS) is 10.7. The van der Waals surface area contributed by atoms with Crippen molar-refractivity contribution in [2.24, 2.45) is 0 Å². The van der Waals surface area contributed by atoms with Crippen molar-refractivity contribution >= 4 is 10.9 Å². The Hall–Kier alpha value is -2.15. The summed E-state index contributed by atoms with van der Waals surface area (Å²) in [5.41, 5.74) is 4.71. The van der Waals surface area contributed by atoms with Gasteiger partial charge in [-0.05, 0) is 24.1 Å². The molecule has 2 aromatic carbocycles. The van der Waals surface area contributed by atoms with E-state index in [2.05, 4.69) is 55.5 Å². The van der Waals surface area contributed by atoms with Gasteiger partial charge in [0.1, 0.15) is 0 Å². The Balaban J connectivity index is 2.19. The van der Waals surface area contributed by atoms with Crippen LogP contribution < -0.4 is 0 Å². The highest BCUT2D eigenvalue weighted by molar-refractivity contribution is 5.81. The first kappa shape index (κ1) is 11.0. The summed E-state index contributed by atoms with van der Waals surface area (Å²) >= 11 is 0. The summed E-state index contributed by atoms with van der Waals surface area (Å²) in [7, 11) is 0. The van der Waals surface area contributed by atoms with Crippen LogP contribution in [0.2, 0.25) is 0 Å². The number of fused-ring (bicyclic) bond motifs is 1. The summed E-state index contributed by atoms with van der Waals surface area (Å²) in [6, 6.07) is 21.0. The molecule has 18 heavy (non-hydrogen) atoms.